The molecule has 14 N–H and O–H groups in total. The van der Waals surface area contributed by atoms with Crippen LogP contribution in [-0.4, -0.2) is 137 Å². The summed E-state index contributed by atoms with van der Waals surface area (Å²) in [5.74, 6) is 10.1. The molecular weight excluding hydrogens is 1260 g/mol. The second-order valence-corrected chi connectivity index (χ2v) is 36.4. The average Bonchev–Trinajstić information content (AvgIpc) is 1.31. The first-order valence-corrected chi connectivity index (χ1v) is 43.2. The maximum absolute atomic E-state index is 15.0. The molecule has 6 fully saturated rings. The van der Waals surface area contributed by atoms with Crippen molar-refractivity contribution >= 4 is 45.3 Å². The minimum Gasteiger partial charge on any atom is -0.460 e. The Balaban J connectivity index is 0.948. The van der Waals surface area contributed by atoms with Crippen molar-refractivity contribution in [1.82, 2.24) is 31.9 Å². The lowest BCUT2D eigenvalue weighted by atomic mass is 9.50. The van der Waals surface area contributed by atoms with Gasteiger partial charge in [-0.2, -0.15) is 0 Å². The Labute approximate surface area is 603 Å². The van der Waals surface area contributed by atoms with E-state index in [1.54, 1.807) is 0 Å². The van der Waals surface area contributed by atoms with Gasteiger partial charge in [0.15, 0.2) is 0 Å². The molecule has 0 saturated heterocycles. The minimum absolute atomic E-state index is 0.104. The number of carbonyl (C=O) groups excluding carboxylic acids is 4. The molecule has 562 valence electrons. The van der Waals surface area contributed by atoms with E-state index in [1.807, 2.05) is 0 Å². The molecule has 0 aromatic heterocycles. The van der Waals surface area contributed by atoms with Crippen molar-refractivity contribution in [1.29, 1.82) is 0 Å². The Bertz CT molecular complexity index is 2310. The summed E-state index contributed by atoms with van der Waals surface area (Å²) in [7, 11) is 2.84. The van der Waals surface area contributed by atoms with Gasteiger partial charge in [-0.05, 0) is 300 Å². The van der Waals surface area contributed by atoms with Gasteiger partial charge in [0.25, 0.3) is 0 Å². The summed E-state index contributed by atoms with van der Waals surface area (Å²) in [4.78, 5) is 59.1. The molecule has 8 aliphatic rings. The number of esters is 2. The van der Waals surface area contributed by atoms with Gasteiger partial charge in [-0.1, -0.05) is 139 Å². The van der Waals surface area contributed by atoms with Crippen molar-refractivity contribution in [2.24, 2.45) is 117 Å². The number of rotatable bonds is 45. The predicted molar refractivity (Wildman–Crippen MR) is 408 cm³/mol. The molecule has 0 bridgehead atoms. The Morgan fingerprint density at radius 1 is 0.449 bits per heavy atom. The fraction of sp³-hybridized carbons (Fsp3) is 0.900. The Hall–Kier alpha value is -2.26. The zero-order valence-electron chi connectivity index (χ0n) is 63.0. The smallest absolute Gasteiger partial charge is 0.329 e. The number of ether oxygens (including phenoxy) is 2. The van der Waals surface area contributed by atoms with E-state index in [4.69, 9.17) is 32.4 Å². The third-order valence-electron chi connectivity index (χ3n) is 26.5. The summed E-state index contributed by atoms with van der Waals surface area (Å²) >= 11 is 0. The molecule has 0 radical (unpaired) electrons. The van der Waals surface area contributed by atoms with Crippen LogP contribution >= 0.6 is 21.6 Å². The number of hydrogen-bond acceptors (Lipinski definition) is 16. The fourth-order valence-electron chi connectivity index (χ4n) is 21.0. The van der Waals surface area contributed by atoms with Crippen LogP contribution in [0.15, 0.2) is 23.3 Å². The Kier molecular flexibility index (Phi) is 34.4. The van der Waals surface area contributed by atoms with Crippen LogP contribution < -0.4 is 54.8 Å². The molecule has 16 nitrogen and oxygen atoms in total. The average molecular weight is 1410 g/mol. The van der Waals surface area contributed by atoms with Gasteiger partial charge in [-0.15, -0.1) is 0 Å². The third-order valence-corrected chi connectivity index (χ3v) is 28.9. The minimum atomic E-state index is -0.958. The quantitative estimate of drug-likeness (QED) is 0.0118. The predicted octanol–water partition coefficient (Wildman–Crippen LogP) is 12.5. The molecule has 20 unspecified atom stereocenters. The second kappa shape index (κ2) is 41.4. The molecule has 0 spiro atoms. The van der Waals surface area contributed by atoms with Gasteiger partial charge in [0.1, 0.15) is 24.3 Å². The molecule has 8 rings (SSSR count). The number of fused-ring (bicyclic) bond motifs is 10. The molecular formula is C80H144N10O6S2. The molecule has 6 saturated carbocycles. The molecule has 8 aliphatic carbocycles. The van der Waals surface area contributed by atoms with Gasteiger partial charge >= 0.3 is 11.9 Å². The molecule has 98 heavy (non-hydrogen) atoms. The van der Waals surface area contributed by atoms with Gasteiger partial charge < -0.3 is 64.3 Å². The maximum Gasteiger partial charge on any atom is 0.329 e. The second-order valence-electron chi connectivity index (χ2n) is 33.9. The topological polar surface area (TPSA) is 263 Å². The first kappa shape index (κ1) is 81.4. The lowest BCUT2D eigenvalue weighted by Crippen LogP contribution is -2.53. The monoisotopic (exact) mass is 1410 g/mol. The number of nitrogens with two attached hydrogens (primary N) is 4. The lowest BCUT2D eigenvalue weighted by molar-refractivity contribution is -0.155. The first-order chi connectivity index (χ1) is 47.3. The highest BCUT2D eigenvalue weighted by Gasteiger charge is 2.57. The van der Waals surface area contributed by atoms with E-state index in [0.29, 0.717) is 76.8 Å². The van der Waals surface area contributed by atoms with Crippen LogP contribution in [0, 0.1) is 93.7 Å². The van der Waals surface area contributed by atoms with Crippen LogP contribution in [0.5, 0.6) is 0 Å². The molecule has 2 amide bonds. The van der Waals surface area contributed by atoms with Gasteiger partial charge in [-0.3, -0.25) is 9.59 Å². The van der Waals surface area contributed by atoms with Crippen LogP contribution in [0.2, 0.25) is 0 Å². The number of nitrogens with one attached hydrogen (secondary N) is 6. The van der Waals surface area contributed by atoms with Crippen molar-refractivity contribution in [2.75, 3.05) is 77.0 Å². The SMILES string of the molecule is CC(C)CCCC(C)C1CCC2C1CCC1C2CC=C2CC(OC(=O)C(CSSCC(NC(=O)C(CCCNCCCN)NCCCN)C(=O)OC3CCC4(C)C(=CCC5C6CCC(C(C)CCCC(C)C)C6CCC54)C3)NC(=O)C(CCCNCCCN)NCCCN)CCC21C. The normalized spacial score (nSPS) is 31.4. The summed E-state index contributed by atoms with van der Waals surface area (Å²) in [5, 5.41) is 20.2. The fourth-order valence-corrected chi connectivity index (χ4v) is 23.3. The Morgan fingerprint density at radius 3 is 1.21 bits per heavy atom. The summed E-state index contributed by atoms with van der Waals surface area (Å²) in [6.07, 6.45) is 36.6. The summed E-state index contributed by atoms with van der Waals surface area (Å²) < 4.78 is 13.2. The van der Waals surface area contributed by atoms with Crippen LogP contribution in [0.25, 0.3) is 0 Å². The van der Waals surface area contributed by atoms with Gasteiger partial charge in [0.05, 0.1) is 12.1 Å². The number of hydrogen-bond donors (Lipinski definition) is 10. The molecule has 20 atom stereocenters. The third kappa shape index (κ3) is 22.6. The van der Waals surface area contributed by atoms with E-state index in [-0.39, 0.29) is 46.4 Å². The molecule has 18 heteroatoms. The molecule has 0 aromatic rings. The standard InChI is InChI=1S/C80H144N10O6S2/c1-53(2)17-9-19-55(5)61-27-29-65-63(61)31-33-69-67(65)25-23-57-49-59(35-37-79(57,69)7)95-77(93)73(89-75(91)71(87-47-15-41-83)21-11-43-85-45-13-39-81)51-97-98-52-74(90-76(92)72(88-48-16-42-84)22-12-44-86-46-14-40-82)78(94)96-60-36-38-80(8)58(50-60)24-26-68-66-30-28-62(64(66)32-34-70(68)80)56(6)20-10-18-54(3)4/h23-24,53-56,59-74,85-88H,9-22,25-52,81-84H2,1-8H3,(H,89,91)(H,90,92). The van der Waals surface area contributed by atoms with E-state index < -0.39 is 36.1 Å². The number of allylic oxidation sites excluding steroid dienone is 2. The van der Waals surface area contributed by atoms with E-state index >= 15 is 0 Å². The van der Waals surface area contributed by atoms with Gasteiger partial charge in [0, 0.05) is 24.3 Å². The number of amides is 2. The van der Waals surface area contributed by atoms with Gasteiger partial charge in [0.2, 0.25) is 11.8 Å². The van der Waals surface area contributed by atoms with E-state index in [0.717, 1.165) is 174 Å². The molecule has 0 heterocycles. The summed E-state index contributed by atoms with van der Waals surface area (Å²) in [6.45, 7) is 26.1. The lowest BCUT2D eigenvalue weighted by Gasteiger charge is -2.55. The van der Waals surface area contributed by atoms with Gasteiger partial charge in [-0.25, -0.2) is 9.59 Å². The van der Waals surface area contributed by atoms with Crippen molar-refractivity contribution < 1.29 is 28.7 Å². The van der Waals surface area contributed by atoms with Crippen molar-refractivity contribution in [3.63, 3.8) is 0 Å². The van der Waals surface area contributed by atoms with Crippen LogP contribution in [0.3, 0.4) is 0 Å². The van der Waals surface area contributed by atoms with E-state index in [9.17, 15) is 19.2 Å². The van der Waals surface area contributed by atoms with E-state index in [1.165, 1.54) is 123 Å². The van der Waals surface area contributed by atoms with E-state index in [2.05, 4.69) is 99.4 Å². The maximum atomic E-state index is 15.0. The van der Waals surface area contributed by atoms with Crippen LogP contribution in [-0.2, 0) is 28.7 Å². The molecule has 0 aliphatic heterocycles. The highest BCUT2D eigenvalue weighted by molar-refractivity contribution is 8.76. The van der Waals surface area contributed by atoms with Crippen molar-refractivity contribution in [3.05, 3.63) is 23.3 Å². The zero-order chi connectivity index (χ0) is 70.2. The highest BCUT2D eigenvalue weighted by Crippen LogP contribution is 2.65. The zero-order valence-corrected chi connectivity index (χ0v) is 64.6. The largest absolute Gasteiger partial charge is 0.460 e. The van der Waals surface area contributed by atoms with Crippen LogP contribution in [0.1, 0.15) is 248 Å². The Morgan fingerprint density at radius 2 is 0.827 bits per heavy atom. The number of carbonyl (C=O) groups is 4. The summed E-state index contributed by atoms with van der Waals surface area (Å²) in [6, 6.07) is -3.00. The highest BCUT2D eigenvalue weighted by atomic mass is 33.1. The first-order valence-electron chi connectivity index (χ1n) is 40.7. The van der Waals surface area contributed by atoms with Crippen molar-refractivity contribution in [3.8, 4) is 0 Å². The van der Waals surface area contributed by atoms with Crippen molar-refractivity contribution in [2.45, 2.75) is 284 Å². The summed E-state index contributed by atoms with van der Waals surface area (Å²) in [5.41, 5.74) is 26.6. The van der Waals surface area contributed by atoms with Crippen LogP contribution in [0.4, 0.5) is 0 Å². The molecule has 0 aromatic carbocycles.